The van der Waals surface area contributed by atoms with Crippen molar-refractivity contribution in [3.05, 3.63) is 34.9 Å². The number of amides is 1. The molecule has 0 aromatic heterocycles. The van der Waals surface area contributed by atoms with E-state index >= 15 is 0 Å². The number of carboxylic acids is 1. The molecule has 3 N–H and O–H groups in total. The summed E-state index contributed by atoms with van der Waals surface area (Å²) in [7, 11) is 0. The van der Waals surface area contributed by atoms with Gasteiger partial charge in [-0.15, -0.1) is 0 Å². The highest BCUT2D eigenvalue weighted by Crippen LogP contribution is 2.21. The van der Waals surface area contributed by atoms with Gasteiger partial charge in [0.05, 0.1) is 0 Å². The van der Waals surface area contributed by atoms with Crippen LogP contribution >= 0.6 is 0 Å². The number of hydrogen-bond donors (Lipinski definition) is 2. The third-order valence-electron chi connectivity index (χ3n) is 3.63. The van der Waals surface area contributed by atoms with Crippen LogP contribution in [0.15, 0.2) is 18.2 Å². The highest BCUT2D eigenvalue weighted by atomic mass is 16.4. The molecule has 2 atom stereocenters. The smallest absolute Gasteiger partial charge is 0.326 e. The number of aliphatic carboxylic acids is 1. The van der Waals surface area contributed by atoms with Crippen molar-refractivity contribution in [1.82, 2.24) is 4.90 Å². The average Bonchev–Trinajstić information content (AvgIpc) is 2.74. The Balaban J connectivity index is 2.27. The second-order valence-electron chi connectivity index (χ2n) is 5.11. The molecule has 1 saturated heterocycles. The van der Waals surface area contributed by atoms with Gasteiger partial charge in [-0.05, 0) is 43.5 Å². The number of carboxylic acid groups (broad SMARTS) is 1. The lowest BCUT2D eigenvalue weighted by Gasteiger charge is -2.21. The predicted molar refractivity (Wildman–Crippen MR) is 71.0 cm³/mol. The maximum Gasteiger partial charge on any atom is 0.326 e. The van der Waals surface area contributed by atoms with E-state index in [2.05, 4.69) is 0 Å². The molecule has 5 nitrogen and oxygen atoms in total. The fraction of sp³-hybridized carbons (Fsp3) is 0.429. The molecule has 0 radical (unpaired) electrons. The first-order valence-corrected chi connectivity index (χ1v) is 6.26. The van der Waals surface area contributed by atoms with E-state index in [0.29, 0.717) is 18.5 Å². The minimum atomic E-state index is -0.995. The first-order valence-electron chi connectivity index (χ1n) is 6.26. The summed E-state index contributed by atoms with van der Waals surface area (Å²) in [6.45, 7) is 4.19. The van der Waals surface area contributed by atoms with E-state index in [4.69, 9.17) is 10.8 Å². The van der Waals surface area contributed by atoms with E-state index in [1.807, 2.05) is 19.9 Å². The molecule has 1 aliphatic rings. The van der Waals surface area contributed by atoms with Gasteiger partial charge in [0.2, 0.25) is 0 Å². The van der Waals surface area contributed by atoms with Gasteiger partial charge in [0.15, 0.2) is 0 Å². The van der Waals surface area contributed by atoms with Gasteiger partial charge >= 0.3 is 5.97 Å². The maximum atomic E-state index is 12.4. The van der Waals surface area contributed by atoms with E-state index in [1.54, 1.807) is 12.1 Å². The van der Waals surface area contributed by atoms with Gasteiger partial charge in [0.25, 0.3) is 5.91 Å². The molecule has 1 fully saturated rings. The van der Waals surface area contributed by atoms with Crippen LogP contribution in [0.25, 0.3) is 0 Å². The molecule has 1 aliphatic heterocycles. The number of carbonyl (C=O) groups excluding carboxylic acids is 1. The van der Waals surface area contributed by atoms with Crippen molar-refractivity contribution in [3.8, 4) is 0 Å². The molecular weight excluding hydrogens is 244 g/mol. The first kappa shape index (κ1) is 13.5. The van der Waals surface area contributed by atoms with Crippen molar-refractivity contribution in [3.63, 3.8) is 0 Å². The minimum Gasteiger partial charge on any atom is -0.480 e. The topological polar surface area (TPSA) is 83.6 Å². The van der Waals surface area contributed by atoms with Gasteiger partial charge in [-0.1, -0.05) is 6.07 Å². The molecule has 0 bridgehead atoms. The Labute approximate surface area is 112 Å². The van der Waals surface area contributed by atoms with Crippen molar-refractivity contribution in [1.29, 1.82) is 0 Å². The lowest BCUT2D eigenvalue weighted by molar-refractivity contribution is -0.141. The Kier molecular flexibility index (Phi) is 3.57. The van der Waals surface area contributed by atoms with Crippen LogP contribution < -0.4 is 5.73 Å². The number of carbonyl (C=O) groups is 2. The third-order valence-corrected chi connectivity index (χ3v) is 3.63. The zero-order chi connectivity index (χ0) is 14.2. The second-order valence-corrected chi connectivity index (χ2v) is 5.11. The summed E-state index contributed by atoms with van der Waals surface area (Å²) < 4.78 is 0. The van der Waals surface area contributed by atoms with Crippen molar-refractivity contribution in [2.75, 3.05) is 6.54 Å². The number of nitrogens with two attached hydrogens (primary N) is 1. The molecule has 0 aliphatic carbocycles. The number of benzene rings is 1. The highest BCUT2D eigenvalue weighted by Gasteiger charge is 2.38. The van der Waals surface area contributed by atoms with Crippen LogP contribution in [-0.2, 0) is 4.79 Å². The second kappa shape index (κ2) is 5.01. The van der Waals surface area contributed by atoms with Crippen LogP contribution in [-0.4, -0.2) is 40.5 Å². The van der Waals surface area contributed by atoms with Gasteiger partial charge < -0.3 is 15.7 Å². The number of nitrogens with zero attached hydrogens (tertiary/aromatic N) is 1. The molecule has 2 rings (SSSR count). The first-order chi connectivity index (χ1) is 8.90. The summed E-state index contributed by atoms with van der Waals surface area (Å²) in [4.78, 5) is 24.9. The van der Waals surface area contributed by atoms with Crippen molar-refractivity contribution >= 4 is 11.9 Å². The number of hydrogen-bond acceptors (Lipinski definition) is 3. The minimum absolute atomic E-state index is 0.261. The SMILES string of the molecule is Cc1ccc(C(=O)N2CC(N)CC2C(=O)O)cc1C. The van der Waals surface area contributed by atoms with Crippen LogP contribution in [0.3, 0.4) is 0 Å². The molecule has 1 heterocycles. The zero-order valence-corrected chi connectivity index (χ0v) is 11.1. The van der Waals surface area contributed by atoms with Crippen molar-refractivity contribution < 1.29 is 14.7 Å². The Hall–Kier alpha value is -1.88. The van der Waals surface area contributed by atoms with Gasteiger partial charge in [0, 0.05) is 18.2 Å². The monoisotopic (exact) mass is 262 g/mol. The lowest BCUT2D eigenvalue weighted by atomic mass is 10.1. The standard InChI is InChI=1S/C14H18N2O3/c1-8-3-4-10(5-9(8)2)13(17)16-7-11(15)6-12(16)14(18)19/h3-5,11-12H,6-7,15H2,1-2H3,(H,18,19). The summed E-state index contributed by atoms with van der Waals surface area (Å²) in [5.41, 5.74) is 8.40. The van der Waals surface area contributed by atoms with E-state index < -0.39 is 12.0 Å². The summed E-state index contributed by atoms with van der Waals surface area (Å²) >= 11 is 0. The van der Waals surface area contributed by atoms with Crippen LogP contribution in [0.2, 0.25) is 0 Å². The van der Waals surface area contributed by atoms with Crippen molar-refractivity contribution in [2.45, 2.75) is 32.4 Å². The molecule has 102 valence electrons. The van der Waals surface area contributed by atoms with Crippen molar-refractivity contribution in [2.24, 2.45) is 5.73 Å². The van der Waals surface area contributed by atoms with Gasteiger partial charge in [-0.2, -0.15) is 0 Å². The summed E-state index contributed by atoms with van der Waals surface area (Å²) in [6, 6.07) is 4.31. The Morgan fingerprint density at radius 1 is 1.32 bits per heavy atom. The normalized spacial score (nSPS) is 22.6. The number of aryl methyl sites for hydroxylation is 2. The molecule has 19 heavy (non-hydrogen) atoms. The Morgan fingerprint density at radius 2 is 2.00 bits per heavy atom. The molecule has 5 heteroatoms. The van der Waals surface area contributed by atoms with Gasteiger partial charge in [0.1, 0.15) is 6.04 Å². The van der Waals surface area contributed by atoms with Gasteiger partial charge in [-0.25, -0.2) is 4.79 Å². The lowest BCUT2D eigenvalue weighted by Crippen LogP contribution is -2.40. The predicted octanol–water partition coefficient (Wildman–Crippen LogP) is 0.930. The van der Waals surface area contributed by atoms with Crippen LogP contribution in [0.1, 0.15) is 27.9 Å². The zero-order valence-electron chi connectivity index (χ0n) is 11.1. The summed E-state index contributed by atoms with van der Waals surface area (Å²) in [5, 5.41) is 9.15. The summed E-state index contributed by atoms with van der Waals surface area (Å²) in [5.74, 6) is -1.26. The molecule has 2 unspecified atom stereocenters. The fourth-order valence-corrected chi connectivity index (χ4v) is 2.37. The fourth-order valence-electron chi connectivity index (χ4n) is 2.37. The maximum absolute atomic E-state index is 12.4. The number of likely N-dealkylation sites (tertiary alicyclic amines) is 1. The number of rotatable bonds is 2. The molecular formula is C14H18N2O3. The van der Waals surface area contributed by atoms with Crippen LogP contribution in [0.4, 0.5) is 0 Å². The molecule has 1 aromatic rings. The van der Waals surface area contributed by atoms with E-state index in [9.17, 15) is 9.59 Å². The highest BCUT2D eigenvalue weighted by molar-refractivity contribution is 5.97. The van der Waals surface area contributed by atoms with Gasteiger partial charge in [-0.3, -0.25) is 4.79 Å². The molecule has 0 saturated carbocycles. The average molecular weight is 262 g/mol. The third kappa shape index (κ3) is 2.61. The van der Waals surface area contributed by atoms with E-state index in [1.165, 1.54) is 4.90 Å². The molecule has 1 aromatic carbocycles. The Morgan fingerprint density at radius 3 is 2.58 bits per heavy atom. The van der Waals surface area contributed by atoms with Crippen LogP contribution in [0.5, 0.6) is 0 Å². The molecule has 0 spiro atoms. The quantitative estimate of drug-likeness (QED) is 0.830. The molecule has 1 amide bonds. The van der Waals surface area contributed by atoms with E-state index in [0.717, 1.165) is 11.1 Å². The van der Waals surface area contributed by atoms with Crippen LogP contribution in [0, 0.1) is 13.8 Å². The van der Waals surface area contributed by atoms with E-state index in [-0.39, 0.29) is 11.9 Å². The largest absolute Gasteiger partial charge is 0.480 e. The Bertz CT molecular complexity index is 527. The summed E-state index contributed by atoms with van der Waals surface area (Å²) in [6.07, 6.45) is 0.311.